The molecule has 2 amide bonds. The van der Waals surface area contributed by atoms with Crippen molar-refractivity contribution < 1.29 is 23.9 Å². The minimum atomic E-state index is -1.03. The number of amidine groups is 1. The van der Waals surface area contributed by atoms with Crippen LogP contribution >= 0.6 is 0 Å². The number of alkyl carbamates (subject to hydrolysis) is 1. The average molecular weight is 363 g/mol. The normalized spacial score (nSPS) is 11.8. The maximum Gasteiger partial charge on any atom is 0.408 e. The van der Waals surface area contributed by atoms with Crippen molar-refractivity contribution in [1.29, 1.82) is 5.41 Å². The van der Waals surface area contributed by atoms with Crippen molar-refractivity contribution in [3.8, 4) is 0 Å². The van der Waals surface area contributed by atoms with Gasteiger partial charge in [0.05, 0.1) is 6.61 Å². The first kappa shape index (κ1) is 21.1. The molecule has 1 rings (SSSR count). The topological polar surface area (TPSA) is 118 Å². The molecule has 0 unspecified atom stereocenters. The fraction of sp³-hybridized carbons (Fsp3) is 0.444. The van der Waals surface area contributed by atoms with Gasteiger partial charge in [0.1, 0.15) is 11.6 Å². The van der Waals surface area contributed by atoms with Crippen molar-refractivity contribution in [3.05, 3.63) is 35.9 Å². The Morgan fingerprint density at radius 1 is 1.15 bits per heavy atom. The lowest BCUT2D eigenvalue weighted by Crippen LogP contribution is -2.51. The summed E-state index contributed by atoms with van der Waals surface area (Å²) < 4.78 is 9.83. The molecule has 0 aliphatic carbocycles. The van der Waals surface area contributed by atoms with E-state index in [1.165, 1.54) is 0 Å². The van der Waals surface area contributed by atoms with Crippen molar-refractivity contribution >= 4 is 23.8 Å². The van der Waals surface area contributed by atoms with E-state index in [4.69, 9.17) is 10.1 Å². The van der Waals surface area contributed by atoms with Crippen LogP contribution in [0.3, 0.4) is 0 Å². The SMILES string of the molecule is CCOC(=O)C(=N)NC(=O)[C@@H](Cc1ccccc1)NC(=O)OC(C)(C)C. The minimum Gasteiger partial charge on any atom is -0.460 e. The summed E-state index contributed by atoms with van der Waals surface area (Å²) in [6.45, 7) is 6.79. The molecule has 0 saturated heterocycles. The molecule has 8 heteroatoms. The molecule has 8 nitrogen and oxygen atoms in total. The van der Waals surface area contributed by atoms with E-state index in [-0.39, 0.29) is 13.0 Å². The van der Waals surface area contributed by atoms with Crippen LogP contribution < -0.4 is 10.6 Å². The van der Waals surface area contributed by atoms with Crippen molar-refractivity contribution in [3.63, 3.8) is 0 Å². The second-order valence-corrected chi connectivity index (χ2v) is 6.47. The summed E-state index contributed by atoms with van der Waals surface area (Å²) in [6, 6.07) is 8.01. The Hall–Kier alpha value is -2.90. The fourth-order valence-electron chi connectivity index (χ4n) is 1.97. The summed E-state index contributed by atoms with van der Waals surface area (Å²) in [7, 11) is 0. The average Bonchev–Trinajstić information content (AvgIpc) is 2.53. The molecule has 0 spiro atoms. The Kier molecular flexibility index (Phi) is 7.77. The number of carbonyl (C=O) groups excluding carboxylic acids is 3. The highest BCUT2D eigenvalue weighted by Crippen LogP contribution is 2.08. The van der Waals surface area contributed by atoms with Gasteiger partial charge in [-0.25, -0.2) is 9.59 Å². The number of amides is 2. The number of carbonyl (C=O) groups is 3. The summed E-state index contributed by atoms with van der Waals surface area (Å²) in [6.07, 6.45) is -0.599. The molecule has 0 aromatic heterocycles. The third kappa shape index (κ3) is 7.78. The van der Waals surface area contributed by atoms with Crippen molar-refractivity contribution in [2.75, 3.05) is 6.61 Å². The van der Waals surface area contributed by atoms with E-state index in [1.54, 1.807) is 52.0 Å². The molecule has 1 aromatic rings. The number of esters is 1. The third-order valence-corrected chi connectivity index (χ3v) is 3.02. The maximum atomic E-state index is 12.4. The molecule has 0 aliphatic rings. The molecular weight excluding hydrogens is 338 g/mol. The first-order valence-corrected chi connectivity index (χ1v) is 8.22. The standard InChI is InChI=1S/C18H25N3O5/c1-5-25-16(23)14(19)21-15(22)13(11-12-9-7-6-8-10-12)20-17(24)26-18(2,3)4/h6-10,13H,5,11H2,1-4H3,(H,20,24)(H2,19,21,22)/t13-/m1/s1. The van der Waals surface area contributed by atoms with E-state index in [0.29, 0.717) is 0 Å². The number of ether oxygens (including phenoxy) is 2. The van der Waals surface area contributed by atoms with E-state index in [1.807, 2.05) is 6.07 Å². The highest BCUT2D eigenvalue weighted by atomic mass is 16.6. The van der Waals surface area contributed by atoms with Gasteiger partial charge in [0, 0.05) is 6.42 Å². The molecule has 0 heterocycles. The molecule has 0 radical (unpaired) electrons. The predicted molar refractivity (Wildman–Crippen MR) is 95.8 cm³/mol. The monoisotopic (exact) mass is 363 g/mol. The van der Waals surface area contributed by atoms with Crippen LogP contribution in [-0.2, 0) is 25.5 Å². The van der Waals surface area contributed by atoms with Crippen LogP contribution in [0.25, 0.3) is 0 Å². The lowest BCUT2D eigenvalue weighted by atomic mass is 10.1. The van der Waals surface area contributed by atoms with Gasteiger partial charge in [-0.3, -0.25) is 10.2 Å². The van der Waals surface area contributed by atoms with Crippen molar-refractivity contribution in [2.24, 2.45) is 0 Å². The summed E-state index contributed by atoms with van der Waals surface area (Å²) in [4.78, 5) is 36.0. The fourth-order valence-corrected chi connectivity index (χ4v) is 1.97. The quantitative estimate of drug-likeness (QED) is 0.419. The molecule has 1 aromatic carbocycles. The summed E-state index contributed by atoms with van der Waals surface area (Å²) in [5.74, 6) is -2.35. The Morgan fingerprint density at radius 2 is 1.77 bits per heavy atom. The zero-order valence-corrected chi connectivity index (χ0v) is 15.4. The number of hydrogen-bond acceptors (Lipinski definition) is 6. The molecule has 0 aliphatic heterocycles. The van der Waals surface area contributed by atoms with E-state index in [2.05, 4.69) is 15.4 Å². The smallest absolute Gasteiger partial charge is 0.408 e. The predicted octanol–water partition coefficient (Wildman–Crippen LogP) is 1.78. The van der Waals surface area contributed by atoms with Gasteiger partial charge in [-0.2, -0.15) is 0 Å². The van der Waals surface area contributed by atoms with Gasteiger partial charge in [0.25, 0.3) is 0 Å². The maximum absolute atomic E-state index is 12.4. The van der Waals surface area contributed by atoms with Gasteiger partial charge in [0.15, 0.2) is 0 Å². The lowest BCUT2D eigenvalue weighted by molar-refractivity contribution is -0.136. The zero-order valence-electron chi connectivity index (χ0n) is 15.4. The number of nitrogens with one attached hydrogen (secondary N) is 3. The van der Waals surface area contributed by atoms with Crippen molar-refractivity contribution in [2.45, 2.75) is 45.8 Å². The van der Waals surface area contributed by atoms with Crippen LogP contribution in [0, 0.1) is 5.41 Å². The van der Waals surface area contributed by atoms with E-state index in [9.17, 15) is 14.4 Å². The van der Waals surface area contributed by atoms with E-state index >= 15 is 0 Å². The second-order valence-electron chi connectivity index (χ2n) is 6.47. The van der Waals surface area contributed by atoms with Gasteiger partial charge >= 0.3 is 12.1 Å². The summed E-state index contributed by atoms with van der Waals surface area (Å²) in [5.41, 5.74) is 0.0709. The van der Waals surface area contributed by atoms with Crippen LogP contribution in [0.2, 0.25) is 0 Å². The highest BCUT2D eigenvalue weighted by molar-refractivity contribution is 6.37. The Morgan fingerprint density at radius 3 is 2.31 bits per heavy atom. The Balaban J connectivity index is 2.85. The molecule has 0 bridgehead atoms. The molecule has 26 heavy (non-hydrogen) atoms. The second kappa shape index (κ2) is 9.55. The third-order valence-electron chi connectivity index (χ3n) is 3.02. The molecule has 142 valence electrons. The molecular formula is C18H25N3O5. The van der Waals surface area contributed by atoms with Crippen LogP contribution in [0.1, 0.15) is 33.3 Å². The number of hydrogen-bond donors (Lipinski definition) is 3. The van der Waals surface area contributed by atoms with Crippen LogP contribution in [0.5, 0.6) is 0 Å². The molecule has 3 N–H and O–H groups in total. The largest absolute Gasteiger partial charge is 0.460 e. The van der Waals surface area contributed by atoms with Crippen LogP contribution in [0.4, 0.5) is 4.79 Å². The Bertz CT molecular complexity index is 653. The van der Waals surface area contributed by atoms with Crippen LogP contribution in [0.15, 0.2) is 30.3 Å². The van der Waals surface area contributed by atoms with Gasteiger partial charge in [0.2, 0.25) is 11.7 Å². The van der Waals surface area contributed by atoms with Gasteiger partial charge < -0.3 is 20.1 Å². The number of benzene rings is 1. The first-order chi connectivity index (χ1) is 12.1. The summed E-state index contributed by atoms with van der Waals surface area (Å²) in [5, 5.41) is 12.2. The van der Waals surface area contributed by atoms with Gasteiger partial charge in [-0.15, -0.1) is 0 Å². The lowest BCUT2D eigenvalue weighted by Gasteiger charge is -2.23. The van der Waals surface area contributed by atoms with Crippen LogP contribution in [-0.4, -0.2) is 42.1 Å². The van der Waals surface area contributed by atoms with E-state index in [0.717, 1.165) is 5.56 Å². The van der Waals surface area contributed by atoms with Gasteiger partial charge in [-0.1, -0.05) is 30.3 Å². The zero-order chi connectivity index (χ0) is 19.7. The summed E-state index contributed by atoms with van der Waals surface area (Å²) >= 11 is 0. The minimum absolute atomic E-state index is 0.0840. The first-order valence-electron chi connectivity index (χ1n) is 8.22. The Labute approximate surface area is 152 Å². The van der Waals surface area contributed by atoms with E-state index < -0.39 is 35.4 Å². The molecule has 1 atom stereocenters. The molecule has 0 saturated carbocycles. The number of rotatable bonds is 5. The van der Waals surface area contributed by atoms with Crippen molar-refractivity contribution in [1.82, 2.24) is 10.6 Å². The highest BCUT2D eigenvalue weighted by Gasteiger charge is 2.26. The molecule has 0 fully saturated rings. The van der Waals surface area contributed by atoms with Gasteiger partial charge in [-0.05, 0) is 33.3 Å².